The van der Waals surface area contributed by atoms with E-state index < -0.39 is 0 Å². The number of halogens is 2. The fourth-order valence-corrected chi connectivity index (χ4v) is 1.12. The van der Waals surface area contributed by atoms with E-state index in [4.69, 9.17) is 0 Å². The normalized spacial score (nSPS) is 10.2. The Labute approximate surface area is 111 Å². The molecule has 0 aliphatic heterocycles. The first-order valence-corrected chi connectivity index (χ1v) is 4.66. The topological polar surface area (TPSA) is 27.6 Å². The van der Waals surface area contributed by atoms with Crippen molar-refractivity contribution < 1.29 is 51.2 Å². The Hall–Kier alpha value is 1.13. The molecule has 0 heterocycles. The van der Waals surface area contributed by atoms with E-state index in [9.17, 15) is 0 Å². The van der Waals surface area contributed by atoms with Crippen LogP contribution < -0.4 is 46.7 Å². The van der Waals surface area contributed by atoms with Crippen molar-refractivity contribution in [1.29, 1.82) is 0 Å². The first-order valence-electron chi connectivity index (χ1n) is 4.66. The molecule has 0 atom stereocenters. The van der Waals surface area contributed by atoms with Crippen LogP contribution in [0.15, 0.2) is 0 Å². The summed E-state index contributed by atoms with van der Waals surface area (Å²) in [5, 5.41) is 0. The summed E-state index contributed by atoms with van der Waals surface area (Å²) >= 11 is 0. The molecule has 0 radical (unpaired) electrons. The molecule has 0 saturated heterocycles. The Bertz CT molecular complexity index is 94.1. The molecule has 0 saturated carbocycles. The molecule has 0 aromatic heterocycles. The Morgan fingerprint density at radius 1 is 0.923 bits per heavy atom. The van der Waals surface area contributed by atoms with Crippen LogP contribution in [0.2, 0.25) is 0 Å². The zero-order chi connectivity index (χ0) is 8.74. The highest BCUT2D eigenvalue weighted by Crippen LogP contribution is 2.01. The molecule has 0 unspecified atom stereocenters. The lowest BCUT2D eigenvalue weighted by Crippen LogP contribution is -3.00. The van der Waals surface area contributed by atoms with Crippen molar-refractivity contribution in [1.82, 2.24) is 0 Å². The van der Waals surface area contributed by atoms with E-state index in [-0.39, 0.29) is 41.0 Å². The molecule has 0 amide bonds. The van der Waals surface area contributed by atoms with Gasteiger partial charge in [-0.25, -0.2) is 0 Å². The maximum absolute atomic E-state index is 3.83. The zero-order valence-corrected chi connectivity index (χ0v) is 12.9. The van der Waals surface area contributed by atoms with Gasteiger partial charge in [-0.05, 0) is 25.7 Å². The molecule has 0 aromatic rings. The van der Waals surface area contributed by atoms with Crippen LogP contribution in [0.1, 0.15) is 25.7 Å². The fourth-order valence-electron chi connectivity index (χ4n) is 1.12. The minimum atomic E-state index is 0. The maximum atomic E-state index is 3.83. The first-order chi connectivity index (χ1) is 5.06. The molecule has 4 heteroatoms. The summed E-state index contributed by atoms with van der Waals surface area (Å²) in [5.41, 5.74) is 3.83. The number of quaternary nitrogens is 2. The first kappa shape index (κ1) is 19.7. The van der Waals surface area contributed by atoms with Crippen molar-refractivity contribution in [3.8, 4) is 0 Å². The summed E-state index contributed by atoms with van der Waals surface area (Å²) < 4.78 is 1.10. The second-order valence-electron chi connectivity index (χ2n) is 4.28. The second kappa shape index (κ2) is 11.2. The fraction of sp³-hybridized carbons (Fsp3) is 1.00. The van der Waals surface area contributed by atoms with E-state index in [2.05, 4.69) is 26.9 Å². The lowest BCUT2D eigenvalue weighted by molar-refractivity contribution is -0.870. The standard InChI is InChI=1S/C9H23N2.BrH.HI/c1-11(2,3)9-7-5-4-6-8-10;;/h4-10H2,1-3H3;2*1H/q+1;;/p-1. The third-order valence-corrected chi connectivity index (χ3v) is 1.83. The monoisotopic (exact) mass is 366 g/mol. The van der Waals surface area contributed by atoms with Gasteiger partial charge in [0.25, 0.3) is 0 Å². The molecule has 0 fully saturated rings. The SMILES string of the molecule is C[N+](C)(C)CCCCCC[NH3+].[Br-].[I-]. The van der Waals surface area contributed by atoms with Gasteiger partial charge >= 0.3 is 0 Å². The summed E-state index contributed by atoms with van der Waals surface area (Å²) in [5.74, 6) is 0. The minimum Gasteiger partial charge on any atom is -1.00 e. The molecule has 0 aliphatic rings. The van der Waals surface area contributed by atoms with Crippen LogP contribution in [0.5, 0.6) is 0 Å². The highest BCUT2D eigenvalue weighted by Gasteiger charge is 2.04. The Morgan fingerprint density at radius 3 is 1.77 bits per heavy atom. The quantitative estimate of drug-likeness (QED) is 0.276. The van der Waals surface area contributed by atoms with Crippen LogP contribution in [0, 0.1) is 0 Å². The molecule has 0 bridgehead atoms. The van der Waals surface area contributed by atoms with E-state index in [1.54, 1.807) is 0 Å². The maximum Gasteiger partial charge on any atom is 0.0780 e. The van der Waals surface area contributed by atoms with Gasteiger partial charge in [-0.1, -0.05) is 0 Å². The number of hydrogen-bond acceptors (Lipinski definition) is 0. The molecule has 0 aliphatic carbocycles. The predicted octanol–water partition coefficient (Wildman–Crippen LogP) is -5.50. The van der Waals surface area contributed by atoms with Crippen LogP contribution in [0.3, 0.4) is 0 Å². The Balaban J connectivity index is -0.000000500. The Kier molecular flexibility index (Phi) is 17.0. The third-order valence-electron chi connectivity index (χ3n) is 1.83. The minimum absolute atomic E-state index is 0. The van der Waals surface area contributed by atoms with Crippen molar-refractivity contribution in [2.75, 3.05) is 34.2 Å². The van der Waals surface area contributed by atoms with Gasteiger partial charge in [-0.15, -0.1) is 0 Å². The van der Waals surface area contributed by atoms with Crippen molar-refractivity contribution in [2.45, 2.75) is 25.7 Å². The average molecular weight is 367 g/mol. The number of unbranched alkanes of at least 4 members (excludes halogenated alkanes) is 3. The molecular formula is C9H24BrIN2. The lowest BCUT2D eigenvalue weighted by atomic mass is 10.2. The summed E-state index contributed by atoms with van der Waals surface area (Å²) in [6.45, 7) is 2.40. The van der Waals surface area contributed by atoms with Gasteiger partial charge in [0, 0.05) is 0 Å². The van der Waals surface area contributed by atoms with Gasteiger partial charge < -0.3 is 51.2 Å². The van der Waals surface area contributed by atoms with E-state index in [0.29, 0.717) is 0 Å². The van der Waals surface area contributed by atoms with Crippen molar-refractivity contribution >= 4 is 0 Å². The summed E-state index contributed by atoms with van der Waals surface area (Å²) in [6, 6.07) is 0. The molecule has 2 nitrogen and oxygen atoms in total. The third kappa shape index (κ3) is 19.5. The highest BCUT2D eigenvalue weighted by atomic mass is 127. The van der Waals surface area contributed by atoms with Crippen molar-refractivity contribution in [3.63, 3.8) is 0 Å². The Morgan fingerprint density at radius 2 is 1.38 bits per heavy atom. The molecule has 13 heavy (non-hydrogen) atoms. The number of nitrogens with zero attached hydrogens (tertiary/aromatic N) is 1. The van der Waals surface area contributed by atoms with E-state index >= 15 is 0 Å². The van der Waals surface area contributed by atoms with Gasteiger partial charge in [0.2, 0.25) is 0 Å². The van der Waals surface area contributed by atoms with Crippen LogP contribution in [-0.2, 0) is 0 Å². The van der Waals surface area contributed by atoms with E-state index in [0.717, 1.165) is 11.0 Å². The predicted molar refractivity (Wildman–Crippen MR) is 49.1 cm³/mol. The van der Waals surface area contributed by atoms with Crippen LogP contribution in [0.25, 0.3) is 0 Å². The largest absolute Gasteiger partial charge is 1.00 e. The van der Waals surface area contributed by atoms with E-state index in [1.807, 2.05) is 0 Å². The van der Waals surface area contributed by atoms with Gasteiger partial charge in [0.15, 0.2) is 0 Å². The highest BCUT2D eigenvalue weighted by molar-refractivity contribution is 4.40. The molecule has 0 aromatic carbocycles. The molecule has 0 spiro atoms. The van der Waals surface area contributed by atoms with Crippen LogP contribution in [0.4, 0.5) is 0 Å². The van der Waals surface area contributed by atoms with Crippen LogP contribution >= 0.6 is 0 Å². The molecule has 84 valence electrons. The van der Waals surface area contributed by atoms with Gasteiger partial charge in [-0.3, -0.25) is 0 Å². The smallest absolute Gasteiger partial charge is 0.0780 e. The van der Waals surface area contributed by atoms with Gasteiger partial charge in [0.05, 0.1) is 34.2 Å². The second-order valence-corrected chi connectivity index (χ2v) is 4.28. The summed E-state index contributed by atoms with van der Waals surface area (Å²) in [4.78, 5) is 0. The average Bonchev–Trinajstić information content (AvgIpc) is 1.85. The molecular weight excluding hydrogens is 343 g/mol. The summed E-state index contributed by atoms with van der Waals surface area (Å²) in [7, 11) is 6.75. The van der Waals surface area contributed by atoms with Gasteiger partial charge in [0.1, 0.15) is 0 Å². The van der Waals surface area contributed by atoms with Gasteiger partial charge in [-0.2, -0.15) is 0 Å². The molecule has 0 rings (SSSR count). The van der Waals surface area contributed by atoms with Crippen molar-refractivity contribution in [2.24, 2.45) is 0 Å². The van der Waals surface area contributed by atoms with Crippen LogP contribution in [-0.4, -0.2) is 38.7 Å². The zero-order valence-electron chi connectivity index (χ0n) is 9.15. The number of rotatable bonds is 6. The van der Waals surface area contributed by atoms with E-state index in [1.165, 1.54) is 32.2 Å². The lowest BCUT2D eigenvalue weighted by Gasteiger charge is -2.23. The van der Waals surface area contributed by atoms with Crippen molar-refractivity contribution in [3.05, 3.63) is 0 Å². The number of hydrogen-bond donors (Lipinski definition) is 1. The summed E-state index contributed by atoms with van der Waals surface area (Å²) in [6.07, 6.45) is 5.41. The molecule has 3 N–H and O–H groups in total.